The normalized spacial score (nSPS) is 11.2. The van der Waals surface area contributed by atoms with Crippen molar-refractivity contribution in [1.82, 2.24) is 14.5 Å². The zero-order valence-corrected chi connectivity index (χ0v) is 11.2. The Kier molecular flexibility index (Phi) is 2.56. The van der Waals surface area contributed by atoms with Crippen molar-refractivity contribution in [3.8, 4) is 0 Å². The summed E-state index contributed by atoms with van der Waals surface area (Å²) in [6.45, 7) is 4.73. The van der Waals surface area contributed by atoms with Gasteiger partial charge in [-0.1, -0.05) is 12.1 Å². The van der Waals surface area contributed by atoms with Crippen LogP contribution in [0, 0.1) is 13.8 Å². The van der Waals surface area contributed by atoms with E-state index in [0.29, 0.717) is 12.5 Å². The standard InChI is InChI=1S/C13H14N4S/c1-8-4-3-5-10-12(8)16-13(14)17(10)6-11-15-9(2)7-18-11/h3-5,7H,6H2,1-2H3,(H2,14,16). The van der Waals surface area contributed by atoms with Crippen LogP contribution in [0.2, 0.25) is 0 Å². The molecule has 1 aromatic carbocycles. The Labute approximate surface area is 109 Å². The topological polar surface area (TPSA) is 56.7 Å². The van der Waals surface area contributed by atoms with Gasteiger partial charge in [0.25, 0.3) is 0 Å². The molecule has 0 saturated heterocycles. The lowest BCUT2D eigenvalue weighted by Gasteiger charge is -2.03. The molecule has 0 saturated carbocycles. The fourth-order valence-corrected chi connectivity index (χ4v) is 2.84. The van der Waals surface area contributed by atoms with E-state index in [1.807, 2.05) is 36.6 Å². The maximum absolute atomic E-state index is 6.01. The quantitative estimate of drug-likeness (QED) is 0.769. The van der Waals surface area contributed by atoms with Crippen LogP contribution in [-0.2, 0) is 6.54 Å². The number of rotatable bonds is 2. The van der Waals surface area contributed by atoms with Crippen molar-refractivity contribution in [3.63, 3.8) is 0 Å². The fraction of sp³-hybridized carbons (Fsp3) is 0.231. The third kappa shape index (κ3) is 1.76. The Morgan fingerprint density at radius 1 is 1.28 bits per heavy atom. The van der Waals surface area contributed by atoms with Crippen LogP contribution in [0.5, 0.6) is 0 Å². The molecule has 18 heavy (non-hydrogen) atoms. The largest absolute Gasteiger partial charge is 0.369 e. The molecule has 0 bridgehead atoms. The molecule has 0 aliphatic rings. The zero-order valence-electron chi connectivity index (χ0n) is 10.3. The zero-order chi connectivity index (χ0) is 12.7. The highest BCUT2D eigenvalue weighted by Crippen LogP contribution is 2.22. The smallest absolute Gasteiger partial charge is 0.201 e. The van der Waals surface area contributed by atoms with Crippen LogP contribution in [0.4, 0.5) is 5.95 Å². The Morgan fingerprint density at radius 3 is 2.83 bits per heavy atom. The minimum atomic E-state index is 0.548. The van der Waals surface area contributed by atoms with Crippen LogP contribution < -0.4 is 5.73 Å². The second-order valence-electron chi connectivity index (χ2n) is 4.38. The summed E-state index contributed by atoms with van der Waals surface area (Å²) in [5.74, 6) is 0.548. The van der Waals surface area contributed by atoms with Gasteiger partial charge in [-0.05, 0) is 25.5 Å². The molecule has 0 spiro atoms. The second-order valence-corrected chi connectivity index (χ2v) is 5.32. The number of hydrogen-bond donors (Lipinski definition) is 1. The number of anilines is 1. The van der Waals surface area contributed by atoms with Gasteiger partial charge in [-0.25, -0.2) is 9.97 Å². The molecule has 0 unspecified atom stereocenters. The van der Waals surface area contributed by atoms with E-state index < -0.39 is 0 Å². The van der Waals surface area contributed by atoms with E-state index in [2.05, 4.69) is 15.3 Å². The fourth-order valence-electron chi connectivity index (χ4n) is 2.08. The molecule has 3 aromatic rings. The Bertz CT molecular complexity index is 711. The number of nitrogens with zero attached hydrogens (tertiary/aromatic N) is 3. The summed E-state index contributed by atoms with van der Waals surface area (Å²) in [4.78, 5) is 8.90. The molecule has 0 amide bonds. The molecule has 5 heteroatoms. The molecule has 0 fully saturated rings. The van der Waals surface area contributed by atoms with Gasteiger partial charge in [-0.3, -0.25) is 0 Å². The van der Waals surface area contributed by atoms with Gasteiger partial charge in [0, 0.05) is 11.1 Å². The van der Waals surface area contributed by atoms with Gasteiger partial charge >= 0.3 is 0 Å². The molecule has 0 radical (unpaired) electrons. The van der Waals surface area contributed by atoms with E-state index in [9.17, 15) is 0 Å². The van der Waals surface area contributed by atoms with Gasteiger partial charge in [-0.15, -0.1) is 11.3 Å². The maximum atomic E-state index is 6.01. The molecule has 3 rings (SSSR count). The number of benzene rings is 1. The van der Waals surface area contributed by atoms with Gasteiger partial charge in [0.15, 0.2) is 0 Å². The lowest BCUT2D eigenvalue weighted by molar-refractivity contribution is 0.826. The number of thiazole rings is 1. The van der Waals surface area contributed by atoms with Crippen molar-refractivity contribution in [1.29, 1.82) is 0 Å². The molecule has 2 heterocycles. The van der Waals surface area contributed by atoms with Gasteiger partial charge in [0.2, 0.25) is 5.95 Å². The van der Waals surface area contributed by atoms with Crippen LogP contribution >= 0.6 is 11.3 Å². The molecule has 4 nitrogen and oxygen atoms in total. The highest BCUT2D eigenvalue weighted by atomic mass is 32.1. The minimum absolute atomic E-state index is 0.548. The van der Waals surface area contributed by atoms with Crippen molar-refractivity contribution in [2.24, 2.45) is 0 Å². The highest BCUT2D eigenvalue weighted by Gasteiger charge is 2.11. The lowest BCUT2D eigenvalue weighted by Crippen LogP contribution is -2.04. The molecule has 92 valence electrons. The number of nitrogen functional groups attached to an aromatic ring is 1. The van der Waals surface area contributed by atoms with Gasteiger partial charge in [0.05, 0.1) is 17.6 Å². The Hall–Kier alpha value is -1.88. The summed E-state index contributed by atoms with van der Waals surface area (Å²) in [5.41, 5.74) is 10.2. The third-order valence-corrected chi connectivity index (χ3v) is 3.92. The average Bonchev–Trinajstić information content (AvgIpc) is 2.87. The highest BCUT2D eigenvalue weighted by molar-refractivity contribution is 7.09. The summed E-state index contributed by atoms with van der Waals surface area (Å²) in [5, 5.41) is 3.11. The second kappa shape index (κ2) is 4.10. The Balaban J connectivity index is 2.11. The summed E-state index contributed by atoms with van der Waals surface area (Å²) in [6.07, 6.45) is 0. The third-order valence-electron chi connectivity index (χ3n) is 2.97. The predicted octanol–water partition coefficient (Wildman–Crippen LogP) is 2.74. The van der Waals surface area contributed by atoms with E-state index in [4.69, 9.17) is 5.73 Å². The van der Waals surface area contributed by atoms with Gasteiger partial charge in [-0.2, -0.15) is 0 Å². The van der Waals surface area contributed by atoms with Crippen molar-refractivity contribution >= 4 is 28.3 Å². The molecule has 0 aliphatic carbocycles. The number of nitrogens with two attached hydrogens (primary N) is 1. The predicted molar refractivity (Wildman–Crippen MR) is 74.8 cm³/mol. The number of para-hydroxylation sites is 1. The number of fused-ring (bicyclic) bond motifs is 1. The molecule has 2 N–H and O–H groups in total. The minimum Gasteiger partial charge on any atom is -0.369 e. The first-order chi connectivity index (χ1) is 8.65. The number of hydrogen-bond acceptors (Lipinski definition) is 4. The molecule has 2 aromatic heterocycles. The molecule has 0 aliphatic heterocycles. The lowest BCUT2D eigenvalue weighted by atomic mass is 10.2. The summed E-state index contributed by atoms with van der Waals surface area (Å²) in [6, 6.07) is 6.13. The van der Waals surface area contributed by atoms with Crippen LogP contribution in [0.1, 0.15) is 16.3 Å². The number of imidazole rings is 1. The van der Waals surface area contributed by atoms with Crippen LogP contribution in [0.15, 0.2) is 23.6 Å². The Morgan fingerprint density at radius 2 is 2.11 bits per heavy atom. The van der Waals surface area contributed by atoms with Crippen LogP contribution in [-0.4, -0.2) is 14.5 Å². The van der Waals surface area contributed by atoms with Crippen molar-refractivity contribution in [2.75, 3.05) is 5.73 Å². The summed E-state index contributed by atoms with van der Waals surface area (Å²) in [7, 11) is 0. The summed E-state index contributed by atoms with van der Waals surface area (Å²) >= 11 is 1.65. The molecular formula is C13H14N4S. The summed E-state index contributed by atoms with van der Waals surface area (Å²) < 4.78 is 2.01. The monoisotopic (exact) mass is 258 g/mol. The average molecular weight is 258 g/mol. The van der Waals surface area contributed by atoms with E-state index in [-0.39, 0.29) is 0 Å². The van der Waals surface area contributed by atoms with Gasteiger partial charge < -0.3 is 10.3 Å². The van der Waals surface area contributed by atoms with Crippen molar-refractivity contribution in [2.45, 2.75) is 20.4 Å². The number of aromatic nitrogens is 3. The van der Waals surface area contributed by atoms with E-state index in [1.165, 1.54) is 0 Å². The van der Waals surface area contributed by atoms with Crippen LogP contribution in [0.25, 0.3) is 11.0 Å². The molecule has 0 atom stereocenters. The first-order valence-corrected chi connectivity index (χ1v) is 6.65. The van der Waals surface area contributed by atoms with E-state index in [0.717, 1.165) is 27.3 Å². The molecular weight excluding hydrogens is 244 g/mol. The number of aryl methyl sites for hydroxylation is 2. The van der Waals surface area contributed by atoms with E-state index >= 15 is 0 Å². The first-order valence-electron chi connectivity index (χ1n) is 5.77. The van der Waals surface area contributed by atoms with Crippen molar-refractivity contribution in [3.05, 3.63) is 39.8 Å². The SMILES string of the molecule is Cc1csc(Cn2c(N)nc3c(C)cccc32)n1. The van der Waals surface area contributed by atoms with Crippen molar-refractivity contribution < 1.29 is 0 Å². The first kappa shape index (κ1) is 11.2. The van der Waals surface area contributed by atoms with Crippen LogP contribution in [0.3, 0.4) is 0 Å². The van der Waals surface area contributed by atoms with Gasteiger partial charge in [0.1, 0.15) is 5.01 Å². The van der Waals surface area contributed by atoms with E-state index in [1.54, 1.807) is 11.3 Å². The maximum Gasteiger partial charge on any atom is 0.201 e.